The summed E-state index contributed by atoms with van der Waals surface area (Å²) in [6.07, 6.45) is 8.36. The molecule has 0 aromatic heterocycles. The Morgan fingerprint density at radius 1 is 1.05 bits per heavy atom. The standard InChI is InChI=1S/C20H27NO/c22-20(14-12-18-9-4-3-5-10-18)13-8-11-19(20)17-21-15-6-1-2-7-16-21/h3-5,9-10,19,22H,1-2,6-8,11,13,15-17H2. The van der Waals surface area contributed by atoms with Crippen molar-refractivity contribution < 1.29 is 5.11 Å². The van der Waals surface area contributed by atoms with Crippen molar-refractivity contribution in [3.8, 4) is 11.8 Å². The van der Waals surface area contributed by atoms with Crippen LogP contribution in [0.5, 0.6) is 0 Å². The number of rotatable bonds is 2. The van der Waals surface area contributed by atoms with E-state index in [0.29, 0.717) is 5.92 Å². The van der Waals surface area contributed by atoms with Crippen molar-refractivity contribution >= 4 is 0 Å². The van der Waals surface area contributed by atoms with E-state index < -0.39 is 5.60 Å². The molecule has 1 aliphatic heterocycles. The number of benzene rings is 1. The van der Waals surface area contributed by atoms with Crippen LogP contribution in [0.15, 0.2) is 30.3 Å². The summed E-state index contributed by atoms with van der Waals surface area (Å²) in [5.41, 5.74) is 0.207. The molecule has 2 nitrogen and oxygen atoms in total. The van der Waals surface area contributed by atoms with Gasteiger partial charge in [-0.1, -0.05) is 42.9 Å². The number of hydrogen-bond donors (Lipinski definition) is 1. The lowest BCUT2D eigenvalue weighted by molar-refractivity contribution is 0.0421. The molecular weight excluding hydrogens is 270 g/mol. The van der Waals surface area contributed by atoms with E-state index in [4.69, 9.17) is 0 Å². The fourth-order valence-electron chi connectivity index (χ4n) is 3.80. The highest BCUT2D eigenvalue weighted by atomic mass is 16.3. The van der Waals surface area contributed by atoms with E-state index in [1.54, 1.807) is 0 Å². The first-order chi connectivity index (χ1) is 10.8. The second-order valence-electron chi connectivity index (χ2n) is 6.84. The minimum atomic E-state index is -0.790. The van der Waals surface area contributed by atoms with E-state index >= 15 is 0 Å². The summed E-state index contributed by atoms with van der Waals surface area (Å²) >= 11 is 0. The molecule has 1 N–H and O–H groups in total. The Morgan fingerprint density at radius 2 is 1.77 bits per heavy atom. The van der Waals surface area contributed by atoms with Gasteiger partial charge in [-0.2, -0.15) is 0 Å². The van der Waals surface area contributed by atoms with Gasteiger partial charge in [-0.05, 0) is 57.3 Å². The third-order valence-corrected chi connectivity index (χ3v) is 5.16. The van der Waals surface area contributed by atoms with Crippen LogP contribution in [0.4, 0.5) is 0 Å². The van der Waals surface area contributed by atoms with Crippen molar-refractivity contribution in [2.75, 3.05) is 19.6 Å². The van der Waals surface area contributed by atoms with E-state index in [0.717, 1.165) is 31.4 Å². The molecule has 3 rings (SSSR count). The van der Waals surface area contributed by atoms with Crippen LogP contribution in [0.2, 0.25) is 0 Å². The second kappa shape index (κ2) is 7.31. The second-order valence-corrected chi connectivity index (χ2v) is 6.84. The summed E-state index contributed by atoms with van der Waals surface area (Å²) in [6.45, 7) is 3.40. The predicted molar refractivity (Wildman–Crippen MR) is 90.5 cm³/mol. The van der Waals surface area contributed by atoms with Crippen molar-refractivity contribution in [1.29, 1.82) is 0 Å². The third kappa shape index (κ3) is 3.91. The van der Waals surface area contributed by atoms with E-state index in [-0.39, 0.29) is 0 Å². The molecule has 2 unspecified atom stereocenters. The zero-order valence-electron chi connectivity index (χ0n) is 13.4. The molecule has 0 amide bonds. The SMILES string of the molecule is OC1(C#Cc2ccccc2)CCCC1CN1CCCCCC1. The Bertz CT molecular complexity index is 522. The number of nitrogens with zero attached hydrogens (tertiary/aromatic N) is 1. The summed E-state index contributed by atoms with van der Waals surface area (Å²) in [6, 6.07) is 10.0. The van der Waals surface area contributed by atoms with E-state index in [1.165, 1.54) is 38.8 Å². The van der Waals surface area contributed by atoms with E-state index in [2.05, 4.69) is 16.7 Å². The van der Waals surface area contributed by atoms with Crippen molar-refractivity contribution in [3.05, 3.63) is 35.9 Å². The molecule has 2 fully saturated rings. The van der Waals surface area contributed by atoms with Crippen LogP contribution in [0, 0.1) is 17.8 Å². The normalized spacial score (nSPS) is 29.6. The monoisotopic (exact) mass is 297 g/mol. The maximum absolute atomic E-state index is 11.0. The Balaban J connectivity index is 1.67. The average Bonchev–Trinajstić information content (AvgIpc) is 2.75. The molecule has 1 aliphatic carbocycles. The van der Waals surface area contributed by atoms with Gasteiger partial charge in [-0.25, -0.2) is 0 Å². The zero-order chi connectivity index (χ0) is 15.3. The van der Waals surface area contributed by atoms with Crippen molar-refractivity contribution in [3.63, 3.8) is 0 Å². The highest BCUT2D eigenvalue weighted by molar-refractivity contribution is 5.36. The summed E-state index contributed by atoms with van der Waals surface area (Å²) in [5.74, 6) is 6.70. The van der Waals surface area contributed by atoms with Gasteiger partial charge >= 0.3 is 0 Å². The molecular formula is C20H27NO. The summed E-state index contributed by atoms with van der Waals surface area (Å²) in [7, 11) is 0. The lowest BCUT2D eigenvalue weighted by atomic mass is 9.90. The molecule has 0 spiro atoms. The largest absolute Gasteiger partial charge is 0.377 e. The van der Waals surface area contributed by atoms with Gasteiger partial charge in [0, 0.05) is 18.0 Å². The third-order valence-electron chi connectivity index (χ3n) is 5.16. The van der Waals surface area contributed by atoms with Crippen LogP contribution in [0.1, 0.15) is 50.5 Å². The fraction of sp³-hybridized carbons (Fsp3) is 0.600. The minimum absolute atomic E-state index is 0.307. The van der Waals surface area contributed by atoms with Crippen LogP contribution < -0.4 is 0 Å². The molecule has 1 aromatic carbocycles. The lowest BCUT2D eigenvalue weighted by Gasteiger charge is -2.30. The van der Waals surface area contributed by atoms with Gasteiger partial charge in [0.2, 0.25) is 0 Å². The Hall–Kier alpha value is -1.30. The smallest absolute Gasteiger partial charge is 0.129 e. The van der Waals surface area contributed by atoms with Gasteiger partial charge in [-0.15, -0.1) is 0 Å². The highest BCUT2D eigenvalue weighted by Gasteiger charge is 2.40. The summed E-state index contributed by atoms with van der Waals surface area (Å²) < 4.78 is 0. The highest BCUT2D eigenvalue weighted by Crippen LogP contribution is 2.36. The van der Waals surface area contributed by atoms with Crippen molar-refractivity contribution in [2.24, 2.45) is 5.92 Å². The number of hydrogen-bond acceptors (Lipinski definition) is 2. The fourth-order valence-corrected chi connectivity index (χ4v) is 3.80. The van der Waals surface area contributed by atoms with Crippen LogP contribution in [0.25, 0.3) is 0 Å². The molecule has 1 saturated heterocycles. The van der Waals surface area contributed by atoms with Gasteiger partial charge in [0.1, 0.15) is 5.60 Å². The first-order valence-electron chi connectivity index (χ1n) is 8.79. The Morgan fingerprint density at radius 3 is 2.50 bits per heavy atom. The summed E-state index contributed by atoms with van der Waals surface area (Å²) in [5, 5.41) is 11.0. The quantitative estimate of drug-likeness (QED) is 0.845. The van der Waals surface area contributed by atoms with Gasteiger partial charge in [0.05, 0.1) is 0 Å². The zero-order valence-corrected chi connectivity index (χ0v) is 13.4. The van der Waals surface area contributed by atoms with Crippen LogP contribution in [0.3, 0.4) is 0 Å². The Kier molecular flexibility index (Phi) is 5.18. The number of aliphatic hydroxyl groups is 1. The molecule has 1 aromatic rings. The molecule has 0 radical (unpaired) electrons. The number of likely N-dealkylation sites (tertiary alicyclic amines) is 1. The average molecular weight is 297 g/mol. The molecule has 2 aliphatic rings. The molecule has 1 heterocycles. The molecule has 118 valence electrons. The van der Waals surface area contributed by atoms with Gasteiger partial charge in [-0.3, -0.25) is 0 Å². The molecule has 22 heavy (non-hydrogen) atoms. The molecule has 0 bridgehead atoms. The van der Waals surface area contributed by atoms with E-state index in [1.807, 2.05) is 30.3 Å². The van der Waals surface area contributed by atoms with Crippen LogP contribution >= 0.6 is 0 Å². The summed E-state index contributed by atoms with van der Waals surface area (Å²) in [4.78, 5) is 2.55. The topological polar surface area (TPSA) is 23.5 Å². The minimum Gasteiger partial charge on any atom is -0.377 e. The van der Waals surface area contributed by atoms with Gasteiger partial charge in [0.15, 0.2) is 0 Å². The lowest BCUT2D eigenvalue weighted by Crippen LogP contribution is -2.40. The Labute approximate surface area is 134 Å². The first-order valence-corrected chi connectivity index (χ1v) is 8.79. The molecule has 1 saturated carbocycles. The predicted octanol–water partition coefficient (Wildman–Crippen LogP) is 3.45. The van der Waals surface area contributed by atoms with Crippen LogP contribution in [-0.4, -0.2) is 35.2 Å². The van der Waals surface area contributed by atoms with Crippen molar-refractivity contribution in [2.45, 2.75) is 50.5 Å². The van der Waals surface area contributed by atoms with Gasteiger partial charge in [0.25, 0.3) is 0 Å². The van der Waals surface area contributed by atoms with E-state index in [9.17, 15) is 5.11 Å². The molecule has 2 heteroatoms. The maximum Gasteiger partial charge on any atom is 0.129 e. The molecule has 2 atom stereocenters. The maximum atomic E-state index is 11.0. The first kappa shape index (κ1) is 15.6. The van der Waals surface area contributed by atoms with Crippen molar-refractivity contribution in [1.82, 2.24) is 4.90 Å². The van der Waals surface area contributed by atoms with Crippen LogP contribution in [-0.2, 0) is 0 Å². The van der Waals surface area contributed by atoms with Gasteiger partial charge < -0.3 is 10.0 Å².